The van der Waals surface area contributed by atoms with E-state index in [1.54, 1.807) is 0 Å². The SMILES string of the molecule is O=C1CCCCCN1C1CNN=C1c1ccc(Br)cc1. The van der Waals surface area contributed by atoms with Crippen LogP contribution in [-0.4, -0.2) is 35.7 Å². The van der Waals surface area contributed by atoms with Gasteiger partial charge in [0.1, 0.15) is 0 Å². The van der Waals surface area contributed by atoms with E-state index in [4.69, 9.17) is 0 Å². The molecule has 5 heteroatoms. The number of hydrazone groups is 1. The summed E-state index contributed by atoms with van der Waals surface area (Å²) in [5.74, 6) is 0.265. The topological polar surface area (TPSA) is 44.7 Å². The first kappa shape index (κ1) is 13.6. The molecule has 1 unspecified atom stereocenters. The molecule has 1 N–H and O–H groups in total. The fraction of sp³-hybridized carbons (Fsp3) is 0.467. The van der Waals surface area contributed by atoms with E-state index >= 15 is 0 Å². The first-order valence-corrected chi connectivity index (χ1v) is 7.91. The van der Waals surface area contributed by atoms with Crippen molar-refractivity contribution in [3.63, 3.8) is 0 Å². The molecule has 0 saturated carbocycles. The van der Waals surface area contributed by atoms with Gasteiger partial charge in [-0.1, -0.05) is 34.5 Å². The number of hydrogen-bond acceptors (Lipinski definition) is 3. The molecule has 1 fully saturated rings. The van der Waals surface area contributed by atoms with Crippen molar-refractivity contribution in [2.24, 2.45) is 5.10 Å². The summed E-state index contributed by atoms with van der Waals surface area (Å²) in [7, 11) is 0. The predicted molar refractivity (Wildman–Crippen MR) is 82.7 cm³/mol. The lowest BCUT2D eigenvalue weighted by atomic mass is 10.0. The molecule has 20 heavy (non-hydrogen) atoms. The molecule has 1 atom stereocenters. The Hall–Kier alpha value is -1.36. The van der Waals surface area contributed by atoms with Crippen molar-refractivity contribution in [1.82, 2.24) is 10.3 Å². The van der Waals surface area contributed by atoms with Gasteiger partial charge in [0, 0.05) is 23.0 Å². The zero-order valence-electron chi connectivity index (χ0n) is 11.3. The van der Waals surface area contributed by atoms with Crippen LogP contribution >= 0.6 is 15.9 Å². The molecular formula is C15H18BrN3O. The number of nitrogens with one attached hydrogen (secondary N) is 1. The highest BCUT2D eigenvalue weighted by atomic mass is 79.9. The van der Waals surface area contributed by atoms with Crippen LogP contribution in [0.25, 0.3) is 0 Å². The van der Waals surface area contributed by atoms with Crippen molar-refractivity contribution in [2.75, 3.05) is 13.1 Å². The number of rotatable bonds is 2. The zero-order valence-corrected chi connectivity index (χ0v) is 12.9. The largest absolute Gasteiger partial charge is 0.332 e. The Labute approximate surface area is 127 Å². The molecule has 0 aromatic heterocycles. The van der Waals surface area contributed by atoms with E-state index < -0.39 is 0 Å². The van der Waals surface area contributed by atoms with E-state index in [-0.39, 0.29) is 11.9 Å². The van der Waals surface area contributed by atoms with Crippen molar-refractivity contribution in [3.05, 3.63) is 34.3 Å². The summed E-state index contributed by atoms with van der Waals surface area (Å²) in [5, 5.41) is 4.41. The molecule has 1 aromatic rings. The van der Waals surface area contributed by atoms with Crippen molar-refractivity contribution >= 4 is 27.5 Å². The monoisotopic (exact) mass is 335 g/mol. The highest BCUT2D eigenvalue weighted by Crippen LogP contribution is 2.20. The van der Waals surface area contributed by atoms with Gasteiger partial charge >= 0.3 is 0 Å². The summed E-state index contributed by atoms with van der Waals surface area (Å²) in [6.07, 6.45) is 3.92. The second-order valence-electron chi connectivity index (χ2n) is 5.28. The van der Waals surface area contributed by atoms with Crippen LogP contribution in [0.1, 0.15) is 31.2 Å². The van der Waals surface area contributed by atoms with Crippen molar-refractivity contribution in [3.8, 4) is 0 Å². The highest BCUT2D eigenvalue weighted by Gasteiger charge is 2.32. The lowest BCUT2D eigenvalue weighted by Crippen LogP contribution is -2.46. The number of hydrogen-bond donors (Lipinski definition) is 1. The summed E-state index contributed by atoms with van der Waals surface area (Å²) < 4.78 is 1.05. The normalized spacial score (nSPS) is 23.2. The van der Waals surface area contributed by atoms with Crippen LogP contribution in [0.2, 0.25) is 0 Å². The van der Waals surface area contributed by atoms with Gasteiger partial charge in [0.25, 0.3) is 0 Å². The smallest absolute Gasteiger partial charge is 0.223 e. The van der Waals surface area contributed by atoms with Gasteiger partial charge in [-0.2, -0.15) is 5.10 Å². The molecule has 2 heterocycles. The Bertz CT molecular complexity index is 526. The molecule has 2 aliphatic heterocycles. The number of likely N-dealkylation sites (tertiary alicyclic amines) is 1. The van der Waals surface area contributed by atoms with E-state index in [1.165, 1.54) is 0 Å². The third kappa shape index (κ3) is 2.73. The van der Waals surface area contributed by atoms with Gasteiger partial charge in [-0.05, 0) is 25.0 Å². The molecule has 0 radical (unpaired) electrons. The van der Waals surface area contributed by atoms with E-state index in [1.807, 2.05) is 29.2 Å². The molecular weight excluding hydrogens is 318 g/mol. The van der Waals surface area contributed by atoms with Crippen molar-refractivity contribution in [1.29, 1.82) is 0 Å². The van der Waals surface area contributed by atoms with Crippen LogP contribution in [0.4, 0.5) is 0 Å². The van der Waals surface area contributed by atoms with Gasteiger partial charge in [0.2, 0.25) is 5.91 Å². The maximum absolute atomic E-state index is 12.3. The van der Waals surface area contributed by atoms with Crippen LogP contribution in [0.3, 0.4) is 0 Å². The molecule has 0 spiro atoms. The molecule has 2 aliphatic rings. The number of nitrogens with zero attached hydrogens (tertiary/aromatic N) is 2. The fourth-order valence-electron chi connectivity index (χ4n) is 2.86. The Morgan fingerprint density at radius 1 is 1.20 bits per heavy atom. The van der Waals surface area contributed by atoms with Gasteiger partial charge in [0.15, 0.2) is 0 Å². The van der Waals surface area contributed by atoms with E-state index in [9.17, 15) is 4.79 Å². The highest BCUT2D eigenvalue weighted by molar-refractivity contribution is 9.10. The van der Waals surface area contributed by atoms with Crippen LogP contribution in [0, 0.1) is 0 Å². The zero-order chi connectivity index (χ0) is 13.9. The van der Waals surface area contributed by atoms with Crippen LogP contribution in [0.5, 0.6) is 0 Å². The standard InChI is InChI=1S/C15H18BrN3O/c16-12-7-5-11(6-8-12)15-13(10-17-18-15)19-9-3-1-2-4-14(19)20/h5-8,13,17H,1-4,9-10H2. The Balaban J connectivity index is 1.84. The average molecular weight is 336 g/mol. The average Bonchev–Trinajstić information content (AvgIpc) is 2.83. The van der Waals surface area contributed by atoms with Crippen molar-refractivity contribution < 1.29 is 4.79 Å². The number of carbonyl (C=O) groups is 1. The minimum absolute atomic E-state index is 0.0711. The number of benzene rings is 1. The minimum Gasteiger partial charge on any atom is -0.332 e. The third-order valence-electron chi connectivity index (χ3n) is 3.93. The van der Waals surface area contributed by atoms with Gasteiger partial charge < -0.3 is 10.3 Å². The number of amides is 1. The first-order chi connectivity index (χ1) is 9.75. The summed E-state index contributed by atoms with van der Waals surface area (Å²) in [4.78, 5) is 14.3. The molecule has 1 saturated heterocycles. The van der Waals surface area contributed by atoms with E-state index in [2.05, 4.69) is 26.5 Å². The summed E-state index contributed by atoms with van der Waals surface area (Å²) in [5.41, 5.74) is 5.12. The quantitative estimate of drug-likeness (QED) is 0.902. The van der Waals surface area contributed by atoms with Gasteiger partial charge in [0.05, 0.1) is 18.3 Å². The summed E-state index contributed by atoms with van der Waals surface area (Å²) in [6.45, 7) is 1.57. The van der Waals surface area contributed by atoms with Gasteiger partial charge in [-0.25, -0.2) is 0 Å². The lowest BCUT2D eigenvalue weighted by molar-refractivity contribution is -0.131. The summed E-state index contributed by atoms with van der Waals surface area (Å²) in [6, 6.07) is 8.19. The van der Waals surface area contributed by atoms with E-state index in [0.717, 1.165) is 48.1 Å². The van der Waals surface area contributed by atoms with Crippen LogP contribution in [0.15, 0.2) is 33.8 Å². The molecule has 0 aliphatic carbocycles. The van der Waals surface area contributed by atoms with E-state index in [0.29, 0.717) is 6.42 Å². The second-order valence-corrected chi connectivity index (χ2v) is 6.20. The second kappa shape index (κ2) is 5.95. The minimum atomic E-state index is 0.0711. The van der Waals surface area contributed by atoms with Gasteiger partial charge in [-0.15, -0.1) is 0 Å². The Morgan fingerprint density at radius 2 is 2.00 bits per heavy atom. The Kier molecular flexibility index (Phi) is 4.05. The fourth-order valence-corrected chi connectivity index (χ4v) is 3.12. The predicted octanol–water partition coefficient (Wildman–Crippen LogP) is 2.53. The first-order valence-electron chi connectivity index (χ1n) is 7.11. The Morgan fingerprint density at radius 3 is 2.80 bits per heavy atom. The molecule has 0 bridgehead atoms. The molecule has 1 amide bonds. The lowest BCUT2D eigenvalue weighted by Gasteiger charge is -2.28. The number of halogens is 1. The number of carbonyl (C=O) groups excluding carboxylic acids is 1. The van der Waals surface area contributed by atoms with Crippen molar-refractivity contribution in [2.45, 2.75) is 31.7 Å². The maximum atomic E-state index is 12.3. The van der Waals surface area contributed by atoms with Crippen LogP contribution < -0.4 is 5.43 Å². The maximum Gasteiger partial charge on any atom is 0.223 e. The summed E-state index contributed by atoms with van der Waals surface area (Å²) >= 11 is 3.45. The van der Waals surface area contributed by atoms with Gasteiger partial charge in [-0.3, -0.25) is 4.79 Å². The molecule has 3 rings (SSSR count). The third-order valence-corrected chi connectivity index (χ3v) is 4.45. The molecule has 106 valence electrons. The molecule has 1 aromatic carbocycles. The van der Waals surface area contributed by atoms with Crippen LogP contribution in [-0.2, 0) is 4.79 Å². The molecule has 4 nitrogen and oxygen atoms in total.